The van der Waals surface area contributed by atoms with E-state index in [1.54, 1.807) is 0 Å². The average Bonchev–Trinajstić information content (AvgIpc) is 2.08. The van der Waals surface area contributed by atoms with Crippen LogP contribution in [0.2, 0.25) is 5.02 Å². The highest BCUT2D eigenvalue weighted by Crippen LogP contribution is 2.27. The fraction of sp³-hybridized carbons (Fsp3) is 0.400. The zero-order valence-electron chi connectivity index (χ0n) is 7.27. The topological polar surface area (TPSA) is 0 Å². The predicted molar refractivity (Wildman–Crippen MR) is 57.9 cm³/mol. The van der Waals surface area contributed by atoms with E-state index in [-0.39, 0.29) is 0 Å². The molecule has 0 nitrogen and oxygen atoms in total. The summed E-state index contributed by atoms with van der Waals surface area (Å²) in [5.41, 5.74) is 1.34. The van der Waals surface area contributed by atoms with Gasteiger partial charge in [-0.3, -0.25) is 0 Å². The van der Waals surface area contributed by atoms with Gasteiger partial charge in [-0.05, 0) is 46.0 Å². The number of hydrogen-bond donors (Lipinski definition) is 0. The number of halogens is 2. The van der Waals surface area contributed by atoms with Crippen molar-refractivity contribution in [1.29, 1.82) is 0 Å². The van der Waals surface area contributed by atoms with E-state index in [2.05, 4.69) is 41.9 Å². The predicted octanol–water partition coefficient (Wildman–Crippen LogP) is 4.62. The van der Waals surface area contributed by atoms with Gasteiger partial charge < -0.3 is 0 Å². The average molecular weight is 248 g/mol. The normalized spacial score (nSPS) is 13.0. The lowest BCUT2D eigenvalue weighted by molar-refractivity contribution is 0.733. The SMILES string of the molecule is CCC(C)c1ccc(Cl)c(Br)c1. The molecule has 1 rings (SSSR count). The maximum Gasteiger partial charge on any atom is 0.0548 e. The molecule has 2 heteroatoms. The molecule has 0 aliphatic heterocycles. The van der Waals surface area contributed by atoms with Crippen LogP contribution in [0.4, 0.5) is 0 Å². The van der Waals surface area contributed by atoms with Gasteiger partial charge in [-0.15, -0.1) is 0 Å². The molecule has 0 saturated carbocycles. The van der Waals surface area contributed by atoms with Gasteiger partial charge >= 0.3 is 0 Å². The van der Waals surface area contributed by atoms with Crippen molar-refractivity contribution in [3.8, 4) is 0 Å². The van der Waals surface area contributed by atoms with Gasteiger partial charge in [0.05, 0.1) is 5.02 Å². The highest BCUT2D eigenvalue weighted by molar-refractivity contribution is 9.10. The van der Waals surface area contributed by atoms with Crippen molar-refractivity contribution in [3.05, 3.63) is 33.3 Å². The summed E-state index contributed by atoms with van der Waals surface area (Å²) in [6.07, 6.45) is 1.16. The highest BCUT2D eigenvalue weighted by atomic mass is 79.9. The minimum Gasteiger partial charge on any atom is -0.0831 e. The van der Waals surface area contributed by atoms with Gasteiger partial charge in [0.2, 0.25) is 0 Å². The largest absolute Gasteiger partial charge is 0.0831 e. The van der Waals surface area contributed by atoms with Gasteiger partial charge in [-0.25, -0.2) is 0 Å². The summed E-state index contributed by atoms with van der Waals surface area (Å²) in [5, 5.41) is 0.780. The zero-order valence-corrected chi connectivity index (χ0v) is 9.61. The summed E-state index contributed by atoms with van der Waals surface area (Å²) < 4.78 is 0.988. The van der Waals surface area contributed by atoms with Crippen LogP contribution in [0.1, 0.15) is 31.7 Å². The fourth-order valence-electron chi connectivity index (χ4n) is 1.05. The van der Waals surface area contributed by atoms with Crippen molar-refractivity contribution in [3.63, 3.8) is 0 Å². The number of hydrogen-bond acceptors (Lipinski definition) is 0. The molecule has 66 valence electrons. The van der Waals surface area contributed by atoms with Crippen LogP contribution in [0.3, 0.4) is 0 Å². The van der Waals surface area contributed by atoms with Crippen molar-refractivity contribution in [1.82, 2.24) is 0 Å². The third-order valence-corrected chi connectivity index (χ3v) is 3.34. The quantitative estimate of drug-likeness (QED) is 0.715. The fourth-order valence-corrected chi connectivity index (χ4v) is 1.57. The maximum absolute atomic E-state index is 5.88. The Balaban J connectivity index is 2.96. The second-order valence-electron chi connectivity index (χ2n) is 2.98. The molecule has 0 aromatic heterocycles. The molecule has 1 aromatic rings. The molecule has 1 unspecified atom stereocenters. The molecule has 0 saturated heterocycles. The standard InChI is InChI=1S/C10H12BrCl/c1-3-7(2)8-4-5-10(12)9(11)6-8/h4-7H,3H2,1-2H3. The van der Waals surface area contributed by atoms with Gasteiger partial charge in [-0.2, -0.15) is 0 Å². The van der Waals surface area contributed by atoms with E-state index < -0.39 is 0 Å². The first-order chi connectivity index (χ1) is 5.65. The van der Waals surface area contributed by atoms with Crippen molar-refractivity contribution >= 4 is 27.5 Å². The van der Waals surface area contributed by atoms with Crippen LogP contribution in [0.15, 0.2) is 22.7 Å². The minimum absolute atomic E-state index is 0.610. The van der Waals surface area contributed by atoms with Crippen LogP contribution in [0, 0.1) is 0 Å². The molecule has 0 aliphatic rings. The summed E-state index contributed by atoms with van der Waals surface area (Å²) in [6.45, 7) is 4.41. The smallest absolute Gasteiger partial charge is 0.0548 e. The molecule has 0 bridgehead atoms. The van der Waals surface area contributed by atoms with E-state index in [1.165, 1.54) is 5.56 Å². The van der Waals surface area contributed by atoms with Gasteiger partial charge in [0.25, 0.3) is 0 Å². The molecular formula is C10H12BrCl. The Morgan fingerprint density at radius 3 is 2.67 bits per heavy atom. The first-order valence-corrected chi connectivity index (χ1v) is 5.27. The lowest BCUT2D eigenvalue weighted by atomic mass is 9.99. The van der Waals surface area contributed by atoms with E-state index >= 15 is 0 Å². The van der Waals surface area contributed by atoms with E-state index in [9.17, 15) is 0 Å². The summed E-state index contributed by atoms with van der Waals surface area (Å²) >= 11 is 9.29. The Labute approximate surface area is 87.1 Å². The van der Waals surface area contributed by atoms with E-state index in [1.807, 2.05) is 6.07 Å². The third kappa shape index (κ3) is 2.24. The van der Waals surface area contributed by atoms with E-state index in [0.717, 1.165) is 15.9 Å². The number of rotatable bonds is 2. The molecule has 0 radical (unpaired) electrons. The molecule has 0 fully saturated rings. The second-order valence-corrected chi connectivity index (χ2v) is 4.24. The maximum atomic E-state index is 5.88. The Morgan fingerprint density at radius 1 is 1.50 bits per heavy atom. The first-order valence-electron chi connectivity index (χ1n) is 4.10. The molecule has 0 N–H and O–H groups in total. The molecule has 12 heavy (non-hydrogen) atoms. The lowest BCUT2D eigenvalue weighted by Gasteiger charge is -2.09. The van der Waals surface area contributed by atoms with E-state index in [4.69, 9.17) is 11.6 Å². The lowest BCUT2D eigenvalue weighted by Crippen LogP contribution is -1.90. The van der Waals surface area contributed by atoms with Crippen LogP contribution < -0.4 is 0 Å². The van der Waals surface area contributed by atoms with Crippen LogP contribution in [-0.4, -0.2) is 0 Å². The van der Waals surface area contributed by atoms with Crippen molar-refractivity contribution in [2.24, 2.45) is 0 Å². The summed E-state index contributed by atoms with van der Waals surface area (Å²) in [4.78, 5) is 0. The zero-order chi connectivity index (χ0) is 9.14. The molecule has 0 aliphatic carbocycles. The molecular weight excluding hydrogens is 235 g/mol. The molecule has 1 atom stereocenters. The Hall–Kier alpha value is -0.0100. The highest BCUT2D eigenvalue weighted by Gasteiger charge is 2.04. The molecule has 0 heterocycles. The van der Waals surface area contributed by atoms with Crippen LogP contribution in [0.5, 0.6) is 0 Å². The van der Waals surface area contributed by atoms with Gasteiger partial charge in [0.1, 0.15) is 0 Å². The van der Waals surface area contributed by atoms with Crippen molar-refractivity contribution in [2.45, 2.75) is 26.2 Å². The summed E-state index contributed by atoms with van der Waals surface area (Å²) in [7, 11) is 0. The Morgan fingerprint density at radius 2 is 2.17 bits per heavy atom. The van der Waals surface area contributed by atoms with Gasteiger partial charge in [0.15, 0.2) is 0 Å². The second kappa shape index (κ2) is 4.29. The van der Waals surface area contributed by atoms with Crippen molar-refractivity contribution < 1.29 is 0 Å². The monoisotopic (exact) mass is 246 g/mol. The summed E-state index contributed by atoms with van der Waals surface area (Å²) in [6, 6.07) is 6.12. The number of benzene rings is 1. The Kier molecular flexibility index (Phi) is 3.60. The first kappa shape index (κ1) is 10.1. The third-order valence-electron chi connectivity index (χ3n) is 2.13. The van der Waals surface area contributed by atoms with Gasteiger partial charge in [-0.1, -0.05) is 31.5 Å². The summed E-state index contributed by atoms with van der Waals surface area (Å²) in [5.74, 6) is 0.610. The van der Waals surface area contributed by atoms with Crippen LogP contribution in [-0.2, 0) is 0 Å². The molecule has 0 amide bonds. The van der Waals surface area contributed by atoms with Crippen molar-refractivity contribution in [2.75, 3.05) is 0 Å². The minimum atomic E-state index is 0.610. The van der Waals surface area contributed by atoms with Crippen LogP contribution >= 0.6 is 27.5 Å². The molecule has 0 spiro atoms. The van der Waals surface area contributed by atoms with Crippen LogP contribution in [0.25, 0.3) is 0 Å². The molecule has 1 aromatic carbocycles. The van der Waals surface area contributed by atoms with E-state index in [0.29, 0.717) is 5.92 Å². The Bertz CT molecular complexity index is 271. The van der Waals surface area contributed by atoms with Gasteiger partial charge in [0, 0.05) is 4.47 Å².